The van der Waals surface area contributed by atoms with Crippen molar-refractivity contribution in [2.24, 2.45) is 0 Å². The molecule has 1 aliphatic heterocycles. The molecule has 0 radical (unpaired) electrons. The lowest BCUT2D eigenvalue weighted by molar-refractivity contribution is -0.134. The molecule has 1 aliphatic rings. The van der Waals surface area contributed by atoms with Crippen LogP contribution in [-0.2, 0) is 9.59 Å². The molecule has 1 saturated heterocycles. The first kappa shape index (κ1) is 32.8. The molecule has 4 rings (SSSR count). The third kappa shape index (κ3) is 11.2. The highest BCUT2D eigenvalue weighted by Gasteiger charge is 2.16. The number of ketones is 1. The zero-order valence-corrected chi connectivity index (χ0v) is 24.9. The van der Waals surface area contributed by atoms with Crippen LogP contribution < -0.4 is 10.2 Å². The third-order valence-electron chi connectivity index (χ3n) is 6.81. The van der Waals surface area contributed by atoms with E-state index in [4.69, 9.17) is 10.2 Å². The van der Waals surface area contributed by atoms with Gasteiger partial charge in [0.1, 0.15) is 0 Å². The maximum absolute atomic E-state index is 13.1. The lowest BCUT2D eigenvalue weighted by atomic mass is 9.97. The maximum atomic E-state index is 13.1. The molecule has 1 fully saturated rings. The van der Waals surface area contributed by atoms with E-state index in [9.17, 15) is 14.4 Å². The molecular weight excluding hydrogens is 544 g/mol. The van der Waals surface area contributed by atoms with Crippen molar-refractivity contribution < 1.29 is 24.6 Å². The Morgan fingerprint density at radius 2 is 1.51 bits per heavy atom. The van der Waals surface area contributed by atoms with E-state index in [2.05, 4.69) is 83.6 Å². The molecule has 0 aromatic heterocycles. The van der Waals surface area contributed by atoms with Crippen molar-refractivity contribution in [1.82, 2.24) is 9.80 Å². The number of hydrogen-bond acceptors (Lipinski definition) is 7. The van der Waals surface area contributed by atoms with Gasteiger partial charge in [0.05, 0.1) is 0 Å². The second-order valence-corrected chi connectivity index (χ2v) is 10.4. The Labute approximate surface area is 253 Å². The fraction of sp³-hybridized carbons (Fsp3) is 0.265. The van der Waals surface area contributed by atoms with Gasteiger partial charge in [-0.05, 0) is 68.2 Å². The minimum Gasteiger partial charge on any atom is -0.478 e. The lowest BCUT2D eigenvalue weighted by Crippen LogP contribution is -2.44. The first-order valence-corrected chi connectivity index (χ1v) is 14.1. The van der Waals surface area contributed by atoms with Crippen LogP contribution >= 0.6 is 0 Å². The van der Waals surface area contributed by atoms with Crippen LogP contribution in [0.3, 0.4) is 0 Å². The predicted octanol–water partition coefficient (Wildman–Crippen LogP) is 4.69. The Morgan fingerprint density at radius 1 is 0.837 bits per heavy atom. The van der Waals surface area contributed by atoms with Gasteiger partial charge in [0, 0.05) is 68.4 Å². The molecule has 226 valence electrons. The number of anilines is 2. The number of likely N-dealkylation sites (N-methyl/N-ethyl adjacent to an activating group) is 2. The molecule has 9 nitrogen and oxygen atoms in total. The van der Waals surface area contributed by atoms with Gasteiger partial charge in [-0.25, -0.2) is 9.59 Å². The molecule has 9 heteroatoms. The van der Waals surface area contributed by atoms with Crippen molar-refractivity contribution in [3.63, 3.8) is 0 Å². The number of nitrogens with one attached hydrogen (secondary N) is 1. The minimum absolute atomic E-state index is 0.00488. The van der Waals surface area contributed by atoms with Gasteiger partial charge in [0.15, 0.2) is 5.78 Å². The van der Waals surface area contributed by atoms with E-state index < -0.39 is 11.9 Å². The van der Waals surface area contributed by atoms with Gasteiger partial charge in [-0.3, -0.25) is 4.79 Å². The molecule has 3 N–H and O–H groups in total. The Hall–Kier alpha value is -4.73. The Bertz CT molecular complexity index is 1410. The summed E-state index contributed by atoms with van der Waals surface area (Å²) in [5.41, 5.74) is 6.20. The Morgan fingerprint density at radius 3 is 2.14 bits per heavy atom. The van der Waals surface area contributed by atoms with Crippen molar-refractivity contribution in [2.75, 3.05) is 70.6 Å². The molecule has 0 saturated carbocycles. The minimum atomic E-state index is -1.26. The monoisotopic (exact) mass is 584 g/mol. The van der Waals surface area contributed by atoms with E-state index in [1.54, 1.807) is 6.08 Å². The summed E-state index contributed by atoms with van der Waals surface area (Å²) in [5, 5.41) is 19.0. The summed E-state index contributed by atoms with van der Waals surface area (Å²) in [6, 6.07) is 24.7. The average Bonchev–Trinajstić information content (AvgIpc) is 3.00. The molecule has 43 heavy (non-hydrogen) atoms. The molecule has 0 aliphatic carbocycles. The summed E-state index contributed by atoms with van der Waals surface area (Å²) < 4.78 is 0. The number of allylic oxidation sites excluding steroid dienone is 1. The van der Waals surface area contributed by atoms with Crippen LogP contribution in [-0.4, -0.2) is 98.1 Å². The Kier molecular flexibility index (Phi) is 12.7. The third-order valence-corrected chi connectivity index (χ3v) is 6.81. The highest BCUT2D eigenvalue weighted by Crippen LogP contribution is 2.30. The number of carboxylic acid groups (broad SMARTS) is 2. The summed E-state index contributed by atoms with van der Waals surface area (Å²) in [6.45, 7) is 5.91. The van der Waals surface area contributed by atoms with Crippen molar-refractivity contribution in [1.29, 1.82) is 0 Å². The van der Waals surface area contributed by atoms with Gasteiger partial charge in [-0.15, -0.1) is 0 Å². The van der Waals surface area contributed by atoms with Gasteiger partial charge in [-0.2, -0.15) is 0 Å². The van der Waals surface area contributed by atoms with Gasteiger partial charge in [0.2, 0.25) is 0 Å². The molecule has 0 bridgehead atoms. The van der Waals surface area contributed by atoms with Crippen molar-refractivity contribution in [3.05, 3.63) is 102 Å². The first-order valence-electron chi connectivity index (χ1n) is 14.1. The van der Waals surface area contributed by atoms with Gasteiger partial charge in [-0.1, -0.05) is 54.6 Å². The molecule has 0 spiro atoms. The zero-order valence-electron chi connectivity index (χ0n) is 24.9. The van der Waals surface area contributed by atoms with Crippen LogP contribution in [0.25, 0.3) is 17.2 Å². The fourth-order valence-corrected chi connectivity index (χ4v) is 4.44. The number of hydrogen-bond donors (Lipinski definition) is 3. The van der Waals surface area contributed by atoms with Gasteiger partial charge in [0.25, 0.3) is 0 Å². The number of nitrogens with zero attached hydrogens (tertiary/aromatic N) is 3. The molecule has 0 unspecified atom stereocenters. The second-order valence-electron chi connectivity index (χ2n) is 10.4. The van der Waals surface area contributed by atoms with E-state index in [0.29, 0.717) is 17.7 Å². The van der Waals surface area contributed by atoms with Crippen LogP contribution in [0.15, 0.2) is 91.0 Å². The van der Waals surface area contributed by atoms with Crippen LogP contribution in [0.1, 0.15) is 15.9 Å². The second kappa shape index (κ2) is 16.6. The standard InChI is InChI=1S/C30H36N4O.C4H4O4/c1-32(2)17-16-31-27-11-7-10-26(22-27)30(35)15-12-25-23-28(34-20-18-33(3)19-21-34)13-14-29(25)24-8-5-4-6-9-24;5-3(6)1-2-4(7)8/h4-15,22-23,31H,16-21H2,1-3H3;1-2H,(H,5,6)(H,7,8)/b15-12+;2-1+. The fourth-order valence-electron chi connectivity index (χ4n) is 4.44. The summed E-state index contributed by atoms with van der Waals surface area (Å²) in [6.07, 6.45) is 4.79. The molecule has 1 heterocycles. The molecule has 3 aromatic rings. The summed E-state index contributed by atoms with van der Waals surface area (Å²) in [7, 11) is 6.27. The zero-order chi connectivity index (χ0) is 31.2. The van der Waals surface area contributed by atoms with Crippen molar-refractivity contribution >= 4 is 35.2 Å². The van der Waals surface area contributed by atoms with E-state index in [0.717, 1.165) is 61.6 Å². The molecular formula is C34H40N4O5. The topological polar surface area (TPSA) is 113 Å². The van der Waals surface area contributed by atoms with Crippen molar-refractivity contribution in [3.8, 4) is 11.1 Å². The smallest absolute Gasteiger partial charge is 0.328 e. The van der Waals surface area contributed by atoms with Crippen molar-refractivity contribution in [2.45, 2.75) is 0 Å². The normalized spacial score (nSPS) is 13.6. The molecule has 0 amide bonds. The van der Waals surface area contributed by atoms with E-state index in [-0.39, 0.29) is 5.78 Å². The average molecular weight is 585 g/mol. The molecule has 3 aromatic carbocycles. The number of benzene rings is 3. The van der Waals surface area contributed by atoms with Gasteiger partial charge >= 0.3 is 11.9 Å². The number of piperazine rings is 1. The first-order chi connectivity index (χ1) is 20.6. The maximum Gasteiger partial charge on any atom is 0.328 e. The predicted molar refractivity (Wildman–Crippen MR) is 173 cm³/mol. The van der Waals surface area contributed by atoms with E-state index in [1.807, 2.05) is 36.4 Å². The summed E-state index contributed by atoms with van der Waals surface area (Å²) in [4.78, 5) is 39.1. The quantitative estimate of drug-likeness (QED) is 0.218. The highest BCUT2D eigenvalue weighted by atomic mass is 16.4. The number of aliphatic carboxylic acids is 2. The number of carboxylic acids is 2. The van der Waals surface area contributed by atoms with Crippen LogP contribution in [0.2, 0.25) is 0 Å². The SMILES string of the molecule is CN(C)CCNc1cccc(C(=O)/C=C/c2cc(N3CCN(C)CC3)ccc2-c2ccccc2)c1.O=C(O)/C=C/C(=O)O. The van der Waals surface area contributed by atoms with Gasteiger partial charge < -0.3 is 30.2 Å². The highest BCUT2D eigenvalue weighted by molar-refractivity contribution is 6.07. The van der Waals surface area contributed by atoms with Crippen LogP contribution in [0, 0.1) is 0 Å². The molecule has 0 atom stereocenters. The largest absolute Gasteiger partial charge is 0.478 e. The van der Waals surface area contributed by atoms with E-state index in [1.165, 1.54) is 5.69 Å². The summed E-state index contributed by atoms with van der Waals surface area (Å²) >= 11 is 0. The number of rotatable bonds is 11. The number of carbonyl (C=O) groups excluding carboxylic acids is 1. The summed E-state index contributed by atoms with van der Waals surface area (Å²) in [5.74, 6) is -2.51. The number of carbonyl (C=O) groups is 3. The van der Waals surface area contributed by atoms with Crippen LogP contribution in [0.4, 0.5) is 11.4 Å². The Balaban J connectivity index is 0.000000557. The van der Waals surface area contributed by atoms with Crippen LogP contribution in [0.5, 0.6) is 0 Å². The van der Waals surface area contributed by atoms with E-state index >= 15 is 0 Å². The lowest BCUT2D eigenvalue weighted by Gasteiger charge is -2.34.